The van der Waals surface area contributed by atoms with E-state index in [4.69, 9.17) is 0 Å². The number of para-hydroxylation sites is 2. The summed E-state index contributed by atoms with van der Waals surface area (Å²) in [5, 5.41) is 11.7. The molecule has 7 rings (SSSR count). The summed E-state index contributed by atoms with van der Waals surface area (Å²) in [6.07, 6.45) is 3.58. The minimum absolute atomic E-state index is 0.786. The van der Waals surface area contributed by atoms with E-state index in [9.17, 15) is 0 Å². The van der Waals surface area contributed by atoms with E-state index >= 15 is 0 Å². The molecule has 0 saturated heterocycles. The molecule has 3 aromatic heterocycles. The number of pyridine rings is 1. The quantitative estimate of drug-likeness (QED) is 0.280. The maximum Gasteiger partial charge on any atom is 0.168 e. The van der Waals surface area contributed by atoms with Crippen molar-refractivity contribution in [2.24, 2.45) is 0 Å². The van der Waals surface area contributed by atoms with Crippen molar-refractivity contribution in [3.63, 3.8) is 0 Å². The topological polar surface area (TPSA) is 48.5 Å². The molecule has 0 saturated carbocycles. The van der Waals surface area contributed by atoms with Crippen molar-refractivity contribution in [3.05, 3.63) is 128 Å². The largest absolute Gasteiger partial charge is 0.309 e. The highest BCUT2D eigenvalue weighted by Gasteiger charge is 2.18. The Balaban J connectivity index is 1.39. The summed E-state index contributed by atoms with van der Waals surface area (Å²) in [6, 6.07) is 39.7. The second kappa shape index (κ2) is 8.32. The van der Waals surface area contributed by atoms with Gasteiger partial charge in [-0.3, -0.25) is 9.55 Å². The van der Waals surface area contributed by atoms with Gasteiger partial charge in [-0.1, -0.05) is 66.7 Å². The Morgan fingerprint density at radius 3 is 1.53 bits per heavy atom. The van der Waals surface area contributed by atoms with E-state index in [1.54, 1.807) is 12.4 Å². The van der Waals surface area contributed by atoms with Crippen molar-refractivity contribution in [1.82, 2.24) is 24.3 Å². The molecule has 0 N–H and O–H groups in total. The molecule has 0 unspecified atom stereocenters. The lowest BCUT2D eigenvalue weighted by Crippen LogP contribution is -2.01. The van der Waals surface area contributed by atoms with Crippen LogP contribution in [0.5, 0.6) is 0 Å². The van der Waals surface area contributed by atoms with E-state index in [1.165, 1.54) is 21.8 Å². The highest BCUT2D eigenvalue weighted by molar-refractivity contribution is 6.09. The van der Waals surface area contributed by atoms with Crippen LogP contribution in [0.15, 0.2) is 128 Å². The highest BCUT2D eigenvalue weighted by Crippen LogP contribution is 2.33. The average molecular weight is 464 g/mol. The third-order valence-electron chi connectivity index (χ3n) is 6.58. The Labute approximate surface area is 207 Å². The first-order chi connectivity index (χ1) is 17.9. The first-order valence-electron chi connectivity index (χ1n) is 11.9. The van der Waals surface area contributed by atoms with Crippen LogP contribution < -0.4 is 0 Å². The molecule has 3 heterocycles. The Hall–Kier alpha value is -5.03. The fraction of sp³-hybridized carbons (Fsp3) is 0. The number of hydrogen-bond donors (Lipinski definition) is 0. The summed E-state index contributed by atoms with van der Waals surface area (Å²) in [5.74, 6) is 1.58. The van der Waals surface area contributed by atoms with E-state index in [1.807, 2.05) is 30.3 Å². The molecular formula is C31H21N5. The molecule has 7 aromatic rings. The van der Waals surface area contributed by atoms with Crippen molar-refractivity contribution in [2.75, 3.05) is 0 Å². The van der Waals surface area contributed by atoms with Crippen molar-refractivity contribution in [1.29, 1.82) is 0 Å². The first kappa shape index (κ1) is 20.4. The third kappa shape index (κ3) is 3.21. The summed E-state index contributed by atoms with van der Waals surface area (Å²) in [7, 11) is 0. The zero-order valence-corrected chi connectivity index (χ0v) is 19.4. The van der Waals surface area contributed by atoms with E-state index in [-0.39, 0.29) is 0 Å². The van der Waals surface area contributed by atoms with Crippen molar-refractivity contribution in [3.8, 4) is 34.2 Å². The van der Waals surface area contributed by atoms with Crippen LogP contribution in [0.4, 0.5) is 0 Å². The fourth-order valence-corrected chi connectivity index (χ4v) is 4.94. The maximum absolute atomic E-state index is 4.62. The van der Waals surface area contributed by atoms with Gasteiger partial charge in [0.1, 0.15) is 0 Å². The van der Waals surface area contributed by atoms with Crippen LogP contribution in [0.2, 0.25) is 0 Å². The summed E-state index contributed by atoms with van der Waals surface area (Å²) < 4.78 is 4.41. The molecular weight excluding hydrogens is 442 g/mol. The van der Waals surface area contributed by atoms with Crippen LogP contribution in [-0.4, -0.2) is 24.3 Å². The van der Waals surface area contributed by atoms with Crippen LogP contribution in [0, 0.1) is 0 Å². The standard InChI is InChI=1S/C31H21N5/c1-2-8-22(9-3-1)30-33-34-31(36(30)25-18-20-32-21-19-25)23-14-16-24(17-15-23)35-28-12-6-4-10-26(28)27-11-5-7-13-29(27)35/h1-21H. The van der Waals surface area contributed by atoms with Gasteiger partial charge in [-0.25, -0.2) is 0 Å². The molecule has 36 heavy (non-hydrogen) atoms. The molecule has 0 radical (unpaired) electrons. The van der Waals surface area contributed by atoms with E-state index in [2.05, 4.69) is 109 Å². The van der Waals surface area contributed by atoms with Gasteiger partial charge in [0.15, 0.2) is 11.6 Å². The third-order valence-corrected chi connectivity index (χ3v) is 6.58. The van der Waals surface area contributed by atoms with Gasteiger partial charge < -0.3 is 4.57 Å². The highest BCUT2D eigenvalue weighted by atomic mass is 15.3. The van der Waals surface area contributed by atoms with Gasteiger partial charge in [-0.15, -0.1) is 10.2 Å². The fourth-order valence-electron chi connectivity index (χ4n) is 4.94. The maximum atomic E-state index is 4.62. The monoisotopic (exact) mass is 463 g/mol. The second-order valence-electron chi connectivity index (χ2n) is 8.67. The Morgan fingerprint density at radius 2 is 0.917 bits per heavy atom. The van der Waals surface area contributed by atoms with Gasteiger partial charge in [0.05, 0.1) is 16.7 Å². The lowest BCUT2D eigenvalue weighted by atomic mass is 10.1. The Kier molecular flexibility index (Phi) is 4.71. The predicted molar refractivity (Wildman–Crippen MR) is 144 cm³/mol. The van der Waals surface area contributed by atoms with Crippen LogP contribution in [0.3, 0.4) is 0 Å². The molecule has 0 aliphatic rings. The number of rotatable bonds is 4. The van der Waals surface area contributed by atoms with Crippen molar-refractivity contribution in [2.45, 2.75) is 0 Å². The molecule has 0 spiro atoms. The minimum atomic E-state index is 0.786. The van der Waals surface area contributed by atoms with Crippen LogP contribution in [-0.2, 0) is 0 Å². The van der Waals surface area contributed by atoms with E-state index in [0.717, 1.165) is 34.2 Å². The van der Waals surface area contributed by atoms with Gasteiger partial charge in [-0.2, -0.15) is 0 Å². The smallest absolute Gasteiger partial charge is 0.168 e. The molecule has 4 aromatic carbocycles. The number of hydrogen-bond acceptors (Lipinski definition) is 3. The van der Waals surface area contributed by atoms with E-state index < -0.39 is 0 Å². The molecule has 0 aliphatic heterocycles. The summed E-state index contributed by atoms with van der Waals surface area (Å²) in [6.45, 7) is 0. The Morgan fingerprint density at radius 1 is 0.417 bits per heavy atom. The molecule has 0 aliphatic carbocycles. The van der Waals surface area contributed by atoms with Gasteiger partial charge in [0, 0.05) is 40.0 Å². The predicted octanol–water partition coefficient (Wildman–Crippen LogP) is 7.09. The molecule has 0 bridgehead atoms. The number of fused-ring (bicyclic) bond motifs is 3. The van der Waals surface area contributed by atoms with Crippen LogP contribution in [0.1, 0.15) is 0 Å². The summed E-state index contributed by atoms with van der Waals surface area (Å²) >= 11 is 0. The molecule has 0 amide bonds. The van der Waals surface area contributed by atoms with Crippen molar-refractivity contribution < 1.29 is 0 Å². The molecule has 170 valence electrons. The van der Waals surface area contributed by atoms with Gasteiger partial charge in [0.2, 0.25) is 0 Å². The minimum Gasteiger partial charge on any atom is -0.309 e. The zero-order valence-electron chi connectivity index (χ0n) is 19.4. The molecule has 5 heteroatoms. The number of benzene rings is 4. The Bertz CT molecular complexity index is 1760. The normalized spacial score (nSPS) is 11.3. The number of aromatic nitrogens is 5. The summed E-state index contributed by atoms with van der Waals surface area (Å²) in [4.78, 5) is 4.19. The van der Waals surface area contributed by atoms with Crippen molar-refractivity contribution >= 4 is 21.8 Å². The molecule has 0 atom stereocenters. The first-order valence-corrected chi connectivity index (χ1v) is 11.9. The SMILES string of the molecule is c1ccc(-c2nnc(-c3ccc(-n4c5ccccc5c5ccccc54)cc3)n2-c2ccncc2)cc1. The second-order valence-corrected chi connectivity index (χ2v) is 8.67. The average Bonchev–Trinajstić information content (AvgIpc) is 3.54. The van der Waals surface area contributed by atoms with Gasteiger partial charge >= 0.3 is 0 Å². The number of nitrogens with zero attached hydrogens (tertiary/aromatic N) is 5. The molecule has 5 nitrogen and oxygen atoms in total. The molecule has 0 fully saturated rings. The van der Waals surface area contributed by atoms with Crippen LogP contribution in [0.25, 0.3) is 56.0 Å². The van der Waals surface area contributed by atoms with Gasteiger partial charge in [0.25, 0.3) is 0 Å². The van der Waals surface area contributed by atoms with Crippen LogP contribution >= 0.6 is 0 Å². The lowest BCUT2D eigenvalue weighted by Gasteiger charge is -2.12. The summed E-state index contributed by atoms with van der Waals surface area (Å²) in [5.41, 5.74) is 6.46. The van der Waals surface area contributed by atoms with Gasteiger partial charge in [-0.05, 0) is 48.5 Å². The zero-order chi connectivity index (χ0) is 23.9. The van der Waals surface area contributed by atoms with E-state index in [0.29, 0.717) is 0 Å². The lowest BCUT2D eigenvalue weighted by molar-refractivity contribution is 1.06.